The minimum absolute atomic E-state index is 0.0526. The first kappa shape index (κ1) is 12.1. The highest BCUT2D eigenvalue weighted by Crippen LogP contribution is 2.64. The molecule has 0 aliphatic heterocycles. The summed E-state index contributed by atoms with van der Waals surface area (Å²) < 4.78 is -0.855. The van der Waals surface area contributed by atoms with Gasteiger partial charge in [0.1, 0.15) is 4.33 Å². The second kappa shape index (κ2) is 3.57. The van der Waals surface area contributed by atoms with E-state index in [1.807, 2.05) is 20.9 Å². The van der Waals surface area contributed by atoms with Gasteiger partial charge in [0.25, 0.3) is 0 Å². The molecule has 2 nitrogen and oxygen atoms in total. The smallest absolute Gasteiger partial charge is 0.231 e. The topological polar surface area (TPSA) is 20.3 Å². The van der Waals surface area contributed by atoms with Gasteiger partial charge in [0.2, 0.25) is 5.91 Å². The molecule has 0 aromatic carbocycles. The molecule has 1 amide bonds. The van der Waals surface area contributed by atoms with Gasteiger partial charge in [0.05, 0.1) is 5.41 Å². The lowest BCUT2D eigenvalue weighted by Gasteiger charge is -2.27. The van der Waals surface area contributed by atoms with Gasteiger partial charge in [-0.15, -0.1) is 23.2 Å². The first-order chi connectivity index (χ1) is 6.26. The Balaban J connectivity index is 2.68. The first-order valence-electron chi connectivity index (χ1n) is 4.91. The Kier molecular flexibility index (Phi) is 3.09. The summed E-state index contributed by atoms with van der Waals surface area (Å²) in [6.45, 7) is 5.90. The molecule has 4 heteroatoms. The van der Waals surface area contributed by atoms with E-state index in [-0.39, 0.29) is 11.9 Å². The van der Waals surface area contributed by atoms with Crippen molar-refractivity contribution in [2.45, 2.75) is 44.0 Å². The molecule has 2 atom stereocenters. The molecule has 0 heterocycles. The Labute approximate surface area is 95.5 Å². The maximum Gasteiger partial charge on any atom is 0.231 e. The summed E-state index contributed by atoms with van der Waals surface area (Å²) in [5, 5.41) is 0. The fourth-order valence-corrected chi connectivity index (χ4v) is 2.19. The number of rotatable bonds is 3. The Morgan fingerprint density at radius 1 is 1.57 bits per heavy atom. The molecule has 0 radical (unpaired) electrons. The van der Waals surface area contributed by atoms with Gasteiger partial charge < -0.3 is 4.90 Å². The SMILES string of the molecule is CCC(C)N(C)C(=O)C1(C)CC1(Cl)Cl. The third-order valence-electron chi connectivity index (χ3n) is 3.30. The van der Waals surface area contributed by atoms with Crippen molar-refractivity contribution in [1.29, 1.82) is 0 Å². The molecular weight excluding hydrogens is 221 g/mol. The molecule has 82 valence electrons. The lowest BCUT2D eigenvalue weighted by atomic mass is 10.1. The van der Waals surface area contributed by atoms with E-state index < -0.39 is 9.75 Å². The summed E-state index contributed by atoms with van der Waals surface area (Å²) in [7, 11) is 1.81. The van der Waals surface area contributed by atoms with Crippen LogP contribution in [0, 0.1) is 5.41 Å². The molecule has 1 aliphatic carbocycles. The average Bonchev–Trinajstić information content (AvgIpc) is 2.63. The van der Waals surface area contributed by atoms with E-state index in [2.05, 4.69) is 6.92 Å². The Bertz CT molecular complexity index is 255. The Hall–Kier alpha value is 0.0500. The highest BCUT2D eigenvalue weighted by molar-refractivity contribution is 6.53. The second-order valence-electron chi connectivity index (χ2n) is 4.39. The van der Waals surface area contributed by atoms with Crippen LogP contribution < -0.4 is 0 Å². The molecular formula is C10H17Cl2NO. The monoisotopic (exact) mass is 237 g/mol. The largest absolute Gasteiger partial charge is 0.342 e. The van der Waals surface area contributed by atoms with Crippen LogP contribution in [0.15, 0.2) is 0 Å². The van der Waals surface area contributed by atoms with Crippen LogP contribution in [-0.2, 0) is 4.79 Å². The van der Waals surface area contributed by atoms with Crippen molar-refractivity contribution in [2.75, 3.05) is 7.05 Å². The molecule has 0 spiro atoms. The van der Waals surface area contributed by atoms with Crippen LogP contribution >= 0.6 is 23.2 Å². The number of carbonyl (C=O) groups excluding carboxylic acids is 1. The third-order valence-corrected chi connectivity index (χ3v) is 4.40. The van der Waals surface area contributed by atoms with E-state index in [0.29, 0.717) is 6.42 Å². The molecule has 0 saturated heterocycles. The van der Waals surface area contributed by atoms with Gasteiger partial charge >= 0.3 is 0 Å². The second-order valence-corrected chi connectivity index (χ2v) is 5.87. The molecule has 2 unspecified atom stereocenters. The lowest BCUT2D eigenvalue weighted by Crippen LogP contribution is -2.40. The molecule has 14 heavy (non-hydrogen) atoms. The standard InChI is InChI=1S/C10H17Cl2NO/c1-5-7(2)13(4)8(14)9(3)6-10(9,11)12/h7H,5-6H2,1-4H3. The van der Waals surface area contributed by atoms with Crippen LogP contribution in [0.25, 0.3) is 0 Å². The Morgan fingerprint density at radius 3 is 2.29 bits per heavy atom. The van der Waals surface area contributed by atoms with Gasteiger partial charge in [-0.05, 0) is 26.7 Å². The van der Waals surface area contributed by atoms with E-state index in [9.17, 15) is 4.79 Å². The van der Waals surface area contributed by atoms with Crippen molar-refractivity contribution in [2.24, 2.45) is 5.41 Å². The normalized spacial score (nSPS) is 31.0. The molecule has 1 fully saturated rings. The number of hydrogen-bond donors (Lipinski definition) is 0. The average molecular weight is 238 g/mol. The molecule has 1 rings (SSSR count). The van der Waals surface area contributed by atoms with Gasteiger partial charge in [0.15, 0.2) is 0 Å². The van der Waals surface area contributed by atoms with E-state index in [1.165, 1.54) is 0 Å². The number of nitrogens with zero attached hydrogens (tertiary/aromatic N) is 1. The summed E-state index contributed by atoms with van der Waals surface area (Å²) >= 11 is 11.9. The maximum absolute atomic E-state index is 12.0. The van der Waals surface area contributed by atoms with Crippen LogP contribution in [0.1, 0.15) is 33.6 Å². The van der Waals surface area contributed by atoms with E-state index in [1.54, 1.807) is 4.90 Å². The van der Waals surface area contributed by atoms with Gasteiger partial charge in [-0.2, -0.15) is 0 Å². The zero-order valence-corrected chi connectivity index (χ0v) is 10.6. The quantitative estimate of drug-likeness (QED) is 0.692. The summed E-state index contributed by atoms with van der Waals surface area (Å²) in [6, 6.07) is 0.240. The predicted molar refractivity (Wildman–Crippen MR) is 59.7 cm³/mol. The van der Waals surface area contributed by atoms with Crippen LogP contribution in [0.2, 0.25) is 0 Å². The summed E-state index contributed by atoms with van der Waals surface area (Å²) in [4.78, 5) is 13.7. The van der Waals surface area contributed by atoms with Crippen molar-refractivity contribution >= 4 is 29.1 Å². The van der Waals surface area contributed by atoms with Crippen molar-refractivity contribution in [3.8, 4) is 0 Å². The molecule has 1 saturated carbocycles. The molecule has 1 aliphatic rings. The molecule has 0 bridgehead atoms. The van der Waals surface area contributed by atoms with E-state index in [4.69, 9.17) is 23.2 Å². The van der Waals surface area contributed by atoms with Crippen molar-refractivity contribution < 1.29 is 4.79 Å². The highest BCUT2D eigenvalue weighted by Gasteiger charge is 2.68. The maximum atomic E-state index is 12.0. The van der Waals surface area contributed by atoms with Crippen LogP contribution in [0.3, 0.4) is 0 Å². The number of amides is 1. The predicted octanol–water partition coefficient (Wildman–Crippen LogP) is 2.83. The Morgan fingerprint density at radius 2 is 2.00 bits per heavy atom. The molecule has 0 aromatic heterocycles. The number of halogens is 2. The minimum Gasteiger partial charge on any atom is -0.342 e. The number of alkyl halides is 2. The first-order valence-corrected chi connectivity index (χ1v) is 5.67. The van der Waals surface area contributed by atoms with Crippen LogP contribution in [0.4, 0.5) is 0 Å². The van der Waals surface area contributed by atoms with Gasteiger partial charge in [-0.25, -0.2) is 0 Å². The van der Waals surface area contributed by atoms with Gasteiger partial charge in [-0.1, -0.05) is 6.92 Å². The lowest BCUT2D eigenvalue weighted by molar-refractivity contribution is -0.137. The number of hydrogen-bond acceptors (Lipinski definition) is 1. The minimum atomic E-state index is -0.855. The van der Waals surface area contributed by atoms with Crippen molar-refractivity contribution in [3.63, 3.8) is 0 Å². The van der Waals surface area contributed by atoms with E-state index >= 15 is 0 Å². The zero-order chi connectivity index (χ0) is 11.1. The van der Waals surface area contributed by atoms with E-state index in [0.717, 1.165) is 6.42 Å². The summed E-state index contributed by atoms with van der Waals surface area (Å²) in [5.41, 5.74) is -0.575. The number of carbonyl (C=O) groups is 1. The van der Waals surface area contributed by atoms with Crippen LogP contribution in [0.5, 0.6) is 0 Å². The third kappa shape index (κ3) is 1.74. The van der Waals surface area contributed by atoms with Crippen LogP contribution in [-0.4, -0.2) is 28.2 Å². The van der Waals surface area contributed by atoms with Crippen molar-refractivity contribution in [1.82, 2.24) is 4.90 Å². The van der Waals surface area contributed by atoms with Crippen molar-refractivity contribution in [3.05, 3.63) is 0 Å². The summed E-state index contributed by atoms with van der Waals surface area (Å²) in [6.07, 6.45) is 1.50. The molecule has 0 aromatic rings. The highest BCUT2D eigenvalue weighted by atomic mass is 35.5. The van der Waals surface area contributed by atoms with Gasteiger partial charge in [0, 0.05) is 13.1 Å². The zero-order valence-electron chi connectivity index (χ0n) is 9.10. The van der Waals surface area contributed by atoms with Gasteiger partial charge in [-0.3, -0.25) is 4.79 Å². The fraction of sp³-hybridized carbons (Fsp3) is 0.900. The summed E-state index contributed by atoms with van der Waals surface area (Å²) in [5.74, 6) is 0.0526. The molecule has 0 N–H and O–H groups in total. The fourth-order valence-electron chi connectivity index (χ4n) is 1.50.